The van der Waals surface area contributed by atoms with Gasteiger partial charge in [-0.1, -0.05) is 11.1 Å². The van der Waals surface area contributed by atoms with E-state index in [2.05, 4.69) is 53.7 Å². The standard InChI is InChI=1S/C18H26O2/c1-11(2)13(5)15-9-18(20-8)16(10-17(15)19-7)14(6)12(3)4/h9-10H,1-8H3. The summed E-state index contributed by atoms with van der Waals surface area (Å²) < 4.78 is 11.1. The van der Waals surface area contributed by atoms with Crippen LogP contribution >= 0.6 is 0 Å². The molecule has 2 nitrogen and oxygen atoms in total. The summed E-state index contributed by atoms with van der Waals surface area (Å²) in [5, 5.41) is 0. The maximum Gasteiger partial charge on any atom is 0.127 e. The SMILES string of the molecule is COc1cc(C(C)=C(C)C)c(OC)cc1C(C)=C(C)C. The van der Waals surface area contributed by atoms with Crippen molar-refractivity contribution in [1.82, 2.24) is 0 Å². The zero-order valence-corrected chi connectivity index (χ0v) is 14.0. The van der Waals surface area contributed by atoms with Crippen LogP contribution in [0.3, 0.4) is 0 Å². The number of ether oxygens (including phenoxy) is 2. The lowest BCUT2D eigenvalue weighted by Gasteiger charge is -2.17. The molecular formula is C18H26O2. The molecule has 20 heavy (non-hydrogen) atoms. The highest BCUT2D eigenvalue weighted by Gasteiger charge is 2.14. The molecule has 0 N–H and O–H groups in total. The van der Waals surface area contributed by atoms with Gasteiger partial charge in [0.2, 0.25) is 0 Å². The molecule has 0 heterocycles. The van der Waals surface area contributed by atoms with Crippen molar-refractivity contribution in [3.63, 3.8) is 0 Å². The predicted octanol–water partition coefficient (Wildman–Crippen LogP) is 5.33. The van der Waals surface area contributed by atoms with Crippen LogP contribution < -0.4 is 9.47 Å². The van der Waals surface area contributed by atoms with E-state index in [1.165, 1.54) is 22.3 Å². The first kappa shape index (κ1) is 16.4. The van der Waals surface area contributed by atoms with Gasteiger partial charge in [-0.15, -0.1) is 0 Å². The van der Waals surface area contributed by atoms with E-state index in [1.807, 2.05) is 0 Å². The number of hydrogen-bond acceptors (Lipinski definition) is 2. The van der Waals surface area contributed by atoms with Crippen molar-refractivity contribution in [3.05, 3.63) is 34.4 Å². The number of benzene rings is 1. The molecule has 0 amide bonds. The van der Waals surface area contributed by atoms with Gasteiger partial charge in [-0.05, 0) is 64.8 Å². The molecule has 0 saturated carbocycles. The van der Waals surface area contributed by atoms with Crippen LogP contribution in [0.15, 0.2) is 23.3 Å². The zero-order chi connectivity index (χ0) is 15.4. The maximum atomic E-state index is 5.57. The molecule has 110 valence electrons. The summed E-state index contributed by atoms with van der Waals surface area (Å²) in [4.78, 5) is 0. The first-order valence-electron chi connectivity index (χ1n) is 6.88. The van der Waals surface area contributed by atoms with Crippen LogP contribution in [0.4, 0.5) is 0 Å². The molecule has 1 rings (SSSR count). The molecule has 0 aliphatic rings. The fourth-order valence-corrected chi connectivity index (χ4v) is 2.02. The van der Waals surface area contributed by atoms with Crippen LogP contribution in [-0.2, 0) is 0 Å². The third-order valence-electron chi connectivity index (χ3n) is 3.83. The van der Waals surface area contributed by atoms with E-state index in [1.54, 1.807) is 14.2 Å². The van der Waals surface area contributed by atoms with E-state index in [-0.39, 0.29) is 0 Å². The van der Waals surface area contributed by atoms with E-state index in [0.717, 1.165) is 22.6 Å². The average molecular weight is 274 g/mol. The average Bonchev–Trinajstić information content (AvgIpc) is 2.43. The summed E-state index contributed by atoms with van der Waals surface area (Å²) in [7, 11) is 3.43. The number of rotatable bonds is 4. The molecule has 0 spiro atoms. The minimum Gasteiger partial charge on any atom is -0.496 e. The minimum absolute atomic E-state index is 0.889. The van der Waals surface area contributed by atoms with Crippen LogP contribution in [-0.4, -0.2) is 14.2 Å². The van der Waals surface area contributed by atoms with Crippen LogP contribution in [0.25, 0.3) is 11.1 Å². The van der Waals surface area contributed by atoms with E-state index in [4.69, 9.17) is 9.47 Å². The molecule has 2 heteroatoms. The Balaban J connectivity index is 3.63. The molecule has 0 aliphatic heterocycles. The summed E-state index contributed by atoms with van der Waals surface area (Å²) in [5.41, 5.74) is 7.18. The smallest absolute Gasteiger partial charge is 0.127 e. The van der Waals surface area contributed by atoms with Crippen molar-refractivity contribution in [2.45, 2.75) is 41.5 Å². The summed E-state index contributed by atoms with van der Waals surface area (Å²) in [6.07, 6.45) is 0. The second-order valence-corrected chi connectivity index (χ2v) is 5.50. The lowest BCUT2D eigenvalue weighted by molar-refractivity contribution is 0.401. The molecule has 0 atom stereocenters. The molecule has 0 unspecified atom stereocenters. The van der Waals surface area contributed by atoms with Crippen molar-refractivity contribution in [2.75, 3.05) is 14.2 Å². The van der Waals surface area contributed by atoms with Crippen molar-refractivity contribution in [3.8, 4) is 11.5 Å². The number of allylic oxidation sites excluding steroid dienone is 4. The second-order valence-electron chi connectivity index (χ2n) is 5.50. The van der Waals surface area contributed by atoms with Gasteiger partial charge in [0.05, 0.1) is 14.2 Å². The van der Waals surface area contributed by atoms with Gasteiger partial charge in [0.25, 0.3) is 0 Å². The Kier molecular flexibility index (Phi) is 5.43. The molecule has 0 aliphatic carbocycles. The quantitative estimate of drug-likeness (QED) is 0.738. The predicted molar refractivity (Wildman–Crippen MR) is 87.4 cm³/mol. The van der Waals surface area contributed by atoms with Gasteiger partial charge in [0.1, 0.15) is 11.5 Å². The fourth-order valence-electron chi connectivity index (χ4n) is 2.02. The molecule has 1 aromatic rings. The summed E-state index contributed by atoms with van der Waals surface area (Å²) in [6, 6.07) is 4.14. The second kappa shape index (κ2) is 6.65. The monoisotopic (exact) mass is 274 g/mol. The van der Waals surface area contributed by atoms with Crippen LogP contribution in [0.2, 0.25) is 0 Å². The Morgan fingerprint density at radius 1 is 0.650 bits per heavy atom. The Hall–Kier alpha value is -1.70. The van der Waals surface area contributed by atoms with Crippen molar-refractivity contribution in [2.24, 2.45) is 0 Å². The fraction of sp³-hybridized carbons (Fsp3) is 0.444. The van der Waals surface area contributed by atoms with Crippen LogP contribution in [0.1, 0.15) is 52.7 Å². The highest BCUT2D eigenvalue weighted by molar-refractivity contribution is 5.79. The highest BCUT2D eigenvalue weighted by Crippen LogP contribution is 2.38. The number of methoxy groups -OCH3 is 2. The summed E-state index contributed by atoms with van der Waals surface area (Å²) in [6.45, 7) is 12.7. The minimum atomic E-state index is 0.889. The number of hydrogen-bond donors (Lipinski definition) is 0. The highest BCUT2D eigenvalue weighted by atomic mass is 16.5. The molecular weight excluding hydrogens is 248 g/mol. The molecule has 0 bridgehead atoms. The van der Waals surface area contributed by atoms with Crippen molar-refractivity contribution >= 4 is 11.1 Å². The Bertz CT molecular complexity index is 503. The Morgan fingerprint density at radius 2 is 0.950 bits per heavy atom. The molecule has 0 radical (unpaired) electrons. The molecule has 0 fully saturated rings. The molecule has 1 aromatic carbocycles. The van der Waals surface area contributed by atoms with Gasteiger partial charge in [0, 0.05) is 11.1 Å². The van der Waals surface area contributed by atoms with E-state index in [0.29, 0.717) is 0 Å². The summed E-state index contributed by atoms with van der Waals surface area (Å²) >= 11 is 0. The van der Waals surface area contributed by atoms with Gasteiger partial charge in [0.15, 0.2) is 0 Å². The maximum absolute atomic E-state index is 5.57. The summed E-state index contributed by atoms with van der Waals surface area (Å²) in [5.74, 6) is 1.78. The largest absolute Gasteiger partial charge is 0.496 e. The lowest BCUT2D eigenvalue weighted by Crippen LogP contribution is -1.98. The Morgan fingerprint density at radius 3 is 1.15 bits per heavy atom. The first-order valence-corrected chi connectivity index (χ1v) is 6.88. The lowest BCUT2D eigenvalue weighted by atomic mass is 9.95. The first-order chi connectivity index (χ1) is 9.33. The van der Waals surface area contributed by atoms with Gasteiger partial charge in [-0.25, -0.2) is 0 Å². The van der Waals surface area contributed by atoms with E-state index >= 15 is 0 Å². The third-order valence-corrected chi connectivity index (χ3v) is 3.83. The van der Waals surface area contributed by atoms with Crippen molar-refractivity contribution in [1.29, 1.82) is 0 Å². The van der Waals surface area contributed by atoms with Gasteiger partial charge in [-0.3, -0.25) is 0 Å². The van der Waals surface area contributed by atoms with E-state index in [9.17, 15) is 0 Å². The van der Waals surface area contributed by atoms with Crippen molar-refractivity contribution < 1.29 is 9.47 Å². The van der Waals surface area contributed by atoms with Gasteiger partial charge < -0.3 is 9.47 Å². The van der Waals surface area contributed by atoms with Crippen LogP contribution in [0.5, 0.6) is 11.5 Å². The molecule has 0 saturated heterocycles. The normalized spacial score (nSPS) is 10.0. The van der Waals surface area contributed by atoms with Crippen LogP contribution in [0, 0.1) is 0 Å². The zero-order valence-electron chi connectivity index (χ0n) is 14.0. The topological polar surface area (TPSA) is 18.5 Å². The Labute approximate surface area is 123 Å². The van der Waals surface area contributed by atoms with E-state index < -0.39 is 0 Å². The van der Waals surface area contributed by atoms with Gasteiger partial charge >= 0.3 is 0 Å². The molecule has 0 aromatic heterocycles. The van der Waals surface area contributed by atoms with Gasteiger partial charge in [-0.2, -0.15) is 0 Å². The third kappa shape index (κ3) is 3.24.